The van der Waals surface area contributed by atoms with Gasteiger partial charge in [0.1, 0.15) is 5.82 Å². The Kier molecular flexibility index (Phi) is 9.75. The molecule has 42 heavy (non-hydrogen) atoms. The number of carbonyl (C=O) groups is 2. The van der Waals surface area contributed by atoms with E-state index in [2.05, 4.69) is 15.0 Å². The Morgan fingerprint density at radius 1 is 0.952 bits per heavy atom. The summed E-state index contributed by atoms with van der Waals surface area (Å²) >= 11 is 0. The minimum absolute atomic E-state index is 0.0590. The van der Waals surface area contributed by atoms with Crippen LogP contribution >= 0.6 is 0 Å². The summed E-state index contributed by atoms with van der Waals surface area (Å²) in [4.78, 5) is 40.4. The zero-order valence-electron chi connectivity index (χ0n) is 23.7. The SMILES string of the molecule is Cc1ccc(CC(=O)c2ccc(CC(=O)/C=C/CN(C)C)c(C(F)(F)F)c2)cc1Cc1nccc(-c2cccnc2)n1. The van der Waals surface area contributed by atoms with Crippen molar-refractivity contribution in [2.24, 2.45) is 0 Å². The molecule has 0 saturated heterocycles. The Morgan fingerprint density at radius 3 is 2.48 bits per heavy atom. The molecule has 2 aromatic carbocycles. The number of likely N-dealkylation sites (N-methyl/N-ethyl adjacent to an activating group) is 1. The Bertz CT molecular complexity index is 1600. The largest absolute Gasteiger partial charge is 0.416 e. The molecule has 0 aliphatic rings. The quantitative estimate of drug-likeness (QED) is 0.159. The summed E-state index contributed by atoms with van der Waals surface area (Å²) in [7, 11) is 3.64. The van der Waals surface area contributed by atoms with Crippen molar-refractivity contribution in [3.05, 3.63) is 125 Å². The van der Waals surface area contributed by atoms with Gasteiger partial charge in [0.15, 0.2) is 11.6 Å². The van der Waals surface area contributed by atoms with E-state index < -0.39 is 29.7 Å². The smallest absolute Gasteiger partial charge is 0.306 e. The molecule has 0 bridgehead atoms. The van der Waals surface area contributed by atoms with E-state index in [1.807, 2.05) is 50.2 Å². The monoisotopic (exact) mass is 572 g/mol. The summed E-state index contributed by atoms with van der Waals surface area (Å²) < 4.78 is 41.7. The standard InChI is InChI=1S/C33H31F3N4O2/c1-22-8-9-23(16-27(22)20-32-38-14-12-30(39-32)26-6-4-13-37-21-26)17-31(42)25-11-10-24(29(19-25)33(34,35)36)18-28(41)7-5-15-40(2)3/h4-14,16,19,21H,15,17-18,20H2,1-3H3/b7-5+. The van der Waals surface area contributed by atoms with E-state index in [1.165, 1.54) is 18.2 Å². The Hall–Kier alpha value is -4.50. The molecule has 0 radical (unpaired) electrons. The lowest BCUT2D eigenvalue weighted by atomic mass is 9.94. The van der Waals surface area contributed by atoms with Gasteiger partial charge in [-0.2, -0.15) is 13.2 Å². The zero-order chi connectivity index (χ0) is 30.3. The number of alkyl halides is 3. The maximum Gasteiger partial charge on any atom is 0.416 e. The third kappa shape index (κ3) is 8.27. The summed E-state index contributed by atoms with van der Waals surface area (Å²) in [6.07, 6.45) is 3.22. The predicted molar refractivity (Wildman–Crippen MR) is 155 cm³/mol. The molecule has 2 aromatic heterocycles. The van der Waals surface area contributed by atoms with Crippen molar-refractivity contribution in [3.63, 3.8) is 0 Å². The number of hydrogen-bond acceptors (Lipinski definition) is 6. The zero-order valence-corrected chi connectivity index (χ0v) is 23.7. The first-order valence-electron chi connectivity index (χ1n) is 13.4. The normalized spacial score (nSPS) is 11.8. The van der Waals surface area contributed by atoms with E-state index in [-0.39, 0.29) is 17.5 Å². The van der Waals surface area contributed by atoms with Crippen LogP contribution in [0.1, 0.15) is 44.0 Å². The van der Waals surface area contributed by atoms with Crippen molar-refractivity contribution in [2.75, 3.05) is 20.6 Å². The molecule has 4 rings (SSSR count). The fraction of sp³-hybridized carbons (Fsp3) is 0.242. The molecule has 0 atom stereocenters. The van der Waals surface area contributed by atoms with Crippen LogP contribution in [0.2, 0.25) is 0 Å². The van der Waals surface area contributed by atoms with Gasteiger partial charge in [0, 0.05) is 55.5 Å². The number of Topliss-reactive ketones (excluding diaryl/α,β-unsaturated/α-hetero) is 1. The fourth-order valence-electron chi connectivity index (χ4n) is 4.45. The van der Waals surface area contributed by atoms with Gasteiger partial charge in [-0.1, -0.05) is 36.4 Å². The average Bonchev–Trinajstić information content (AvgIpc) is 2.95. The first-order valence-corrected chi connectivity index (χ1v) is 13.4. The third-order valence-electron chi connectivity index (χ3n) is 6.67. The molecule has 4 aromatic rings. The van der Waals surface area contributed by atoms with E-state index >= 15 is 0 Å². The summed E-state index contributed by atoms with van der Waals surface area (Å²) in [6.45, 7) is 2.44. The van der Waals surface area contributed by atoms with Crippen LogP contribution in [0.25, 0.3) is 11.3 Å². The van der Waals surface area contributed by atoms with E-state index in [4.69, 9.17) is 0 Å². The number of benzene rings is 2. The van der Waals surface area contributed by atoms with Gasteiger partial charge in [-0.15, -0.1) is 0 Å². The molecule has 6 nitrogen and oxygen atoms in total. The fourth-order valence-corrected chi connectivity index (χ4v) is 4.45. The second-order valence-corrected chi connectivity index (χ2v) is 10.3. The maximum atomic E-state index is 13.9. The first kappa shape index (κ1) is 30.5. The first-order chi connectivity index (χ1) is 20.0. The average molecular weight is 573 g/mol. The maximum absolute atomic E-state index is 13.9. The van der Waals surface area contributed by atoms with Crippen LogP contribution in [0.5, 0.6) is 0 Å². The van der Waals surface area contributed by atoms with Crippen LogP contribution in [0.15, 0.2) is 85.3 Å². The molecular weight excluding hydrogens is 541 g/mol. The number of nitrogens with zero attached hydrogens (tertiary/aromatic N) is 4. The van der Waals surface area contributed by atoms with Crippen LogP contribution in [-0.2, 0) is 30.2 Å². The molecule has 9 heteroatoms. The lowest BCUT2D eigenvalue weighted by molar-refractivity contribution is -0.138. The van der Waals surface area contributed by atoms with Crippen molar-refractivity contribution in [1.29, 1.82) is 0 Å². The molecule has 0 aliphatic carbocycles. The summed E-state index contributed by atoms with van der Waals surface area (Å²) in [5, 5.41) is 0. The Labute approximate surface area is 243 Å². The molecular formula is C33H31F3N4O2. The van der Waals surface area contributed by atoms with Gasteiger partial charge in [-0.25, -0.2) is 9.97 Å². The minimum atomic E-state index is -4.71. The predicted octanol–water partition coefficient (Wildman–Crippen LogP) is 6.11. The molecule has 0 spiro atoms. The van der Waals surface area contributed by atoms with Gasteiger partial charge in [0.2, 0.25) is 0 Å². The highest BCUT2D eigenvalue weighted by Crippen LogP contribution is 2.33. The molecule has 0 saturated carbocycles. The number of carbonyl (C=O) groups excluding carboxylic acids is 2. The minimum Gasteiger partial charge on any atom is -0.306 e. The number of allylic oxidation sites excluding steroid dienone is 1. The number of aromatic nitrogens is 3. The van der Waals surface area contributed by atoms with Gasteiger partial charge in [-0.05, 0) is 73.6 Å². The van der Waals surface area contributed by atoms with Gasteiger partial charge in [-0.3, -0.25) is 14.6 Å². The highest BCUT2D eigenvalue weighted by Gasteiger charge is 2.34. The number of aryl methyl sites for hydroxylation is 1. The van der Waals surface area contributed by atoms with Crippen LogP contribution in [-0.4, -0.2) is 52.1 Å². The van der Waals surface area contributed by atoms with Crippen LogP contribution in [0.3, 0.4) is 0 Å². The van der Waals surface area contributed by atoms with Crippen molar-refractivity contribution in [2.45, 2.75) is 32.4 Å². The van der Waals surface area contributed by atoms with E-state index in [1.54, 1.807) is 36.8 Å². The third-order valence-corrected chi connectivity index (χ3v) is 6.67. The molecule has 0 unspecified atom stereocenters. The molecule has 0 amide bonds. The highest BCUT2D eigenvalue weighted by molar-refractivity contribution is 5.98. The Morgan fingerprint density at radius 2 is 1.76 bits per heavy atom. The van der Waals surface area contributed by atoms with E-state index in [0.717, 1.165) is 28.5 Å². The van der Waals surface area contributed by atoms with Crippen LogP contribution < -0.4 is 0 Å². The number of hydrogen-bond donors (Lipinski definition) is 0. The summed E-state index contributed by atoms with van der Waals surface area (Å²) in [5.41, 5.74) is 2.98. The highest BCUT2D eigenvalue weighted by atomic mass is 19.4. The topological polar surface area (TPSA) is 76.1 Å². The van der Waals surface area contributed by atoms with Gasteiger partial charge in [0.25, 0.3) is 0 Å². The number of rotatable bonds is 11. The summed E-state index contributed by atoms with van der Waals surface area (Å²) in [6, 6.07) is 14.5. The van der Waals surface area contributed by atoms with Crippen molar-refractivity contribution >= 4 is 11.6 Å². The molecule has 216 valence electrons. The van der Waals surface area contributed by atoms with Gasteiger partial charge >= 0.3 is 6.18 Å². The van der Waals surface area contributed by atoms with E-state index in [9.17, 15) is 22.8 Å². The van der Waals surface area contributed by atoms with Crippen LogP contribution in [0.4, 0.5) is 13.2 Å². The number of halogens is 3. The second-order valence-electron chi connectivity index (χ2n) is 10.3. The van der Waals surface area contributed by atoms with Gasteiger partial charge in [0.05, 0.1) is 11.3 Å². The molecule has 0 aliphatic heterocycles. The molecule has 2 heterocycles. The second kappa shape index (κ2) is 13.4. The van der Waals surface area contributed by atoms with Crippen LogP contribution in [0, 0.1) is 6.92 Å². The number of ketones is 2. The van der Waals surface area contributed by atoms with Gasteiger partial charge < -0.3 is 4.90 Å². The Balaban J connectivity index is 1.51. The lowest BCUT2D eigenvalue weighted by Gasteiger charge is -2.14. The van der Waals surface area contributed by atoms with Crippen molar-refractivity contribution < 1.29 is 22.8 Å². The van der Waals surface area contributed by atoms with E-state index in [0.29, 0.717) is 24.4 Å². The lowest BCUT2D eigenvalue weighted by Crippen LogP contribution is -2.15. The number of pyridine rings is 1. The summed E-state index contributed by atoms with van der Waals surface area (Å²) in [5.74, 6) is -0.295. The molecule has 0 fully saturated rings. The van der Waals surface area contributed by atoms with Crippen molar-refractivity contribution in [3.8, 4) is 11.3 Å². The molecule has 0 N–H and O–H groups in total. The van der Waals surface area contributed by atoms with Crippen molar-refractivity contribution in [1.82, 2.24) is 19.9 Å².